The van der Waals surface area contributed by atoms with Crippen molar-refractivity contribution in [3.05, 3.63) is 17.7 Å². The lowest BCUT2D eigenvalue weighted by Crippen LogP contribution is -2.43. The van der Waals surface area contributed by atoms with E-state index in [9.17, 15) is 4.79 Å². The molecule has 0 aliphatic carbocycles. The Morgan fingerprint density at radius 3 is 2.11 bits per heavy atom. The molecule has 0 spiro atoms. The second-order valence-electron chi connectivity index (χ2n) is 5.77. The number of nitrogens with one attached hydrogen (secondary N) is 2. The van der Waals surface area contributed by atoms with Crippen LogP contribution in [0.15, 0.2) is 17.1 Å². The first-order valence-corrected chi connectivity index (χ1v) is 8.48. The molecular weight excluding hydrogens is 463 g/mol. The van der Waals surface area contributed by atoms with Crippen LogP contribution in [0.3, 0.4) is 0 Å². The number of aliphatic imine (C=N–C) groups is 1. The molecule has 27 heavy (non-hydrogen) atoms. The second kappa shape index (κ2) is 13.3. The number of amides is 1. The quantitative estimate of drug-likeness (QED) is 0.310. The van der Waals surface area contributed by atoms with Gasteiger partial charge in [0, 0.05) is 20.6 Å². The minimum absolute atomic E-state index is 0. The Labute approximate surface area is 178 Å². The minimum atomic E-state index is -0.0243. The zero-order chi connectivity index (χ0) is 19.5. The highest BCUT2D eigenvalue weighted by Gasteiger charge is 2.13. The minimum Gasteiger partial charge on any atom is -0.493 e. The highest BCUT2D eigenvalue weighted by atomic mass is 127. The molecule has 0 aliphatic heterocycles. The molecule has 8 nitrogen and oxygen atoms in total. The third kappa shape index (κ3) is 8.10. The van der Waals surface area contributed by atoms with Crippen LogP contribution in [0.25, 0.3) is 0 Å². The third-order valence-corrected chi connectivity index (χ3v) is 3.59. The molecular formula is C18H31IN4O4. The van der Waals surface area contributed by atoms with Crippen LogP contribution in [-0.2, 0) is 11.3 Å². The average Bonchev–Trinajstić information content (AvgIpc) is 2.65. The molecule has 1 aromatic rings. The molecule has 2 N–H and O–H groups in total. The summed E-state index contributed by atoms with van der Waals surface area (Å²) in [5.74, 6) is 2.26. The van der Waals surface area contributed by atoms with Crippen LogP contribution in [-0.4, -0.2) is 65.3 Å². The molecule has 0 bridgehead atoms. The summed E-state index contributed by atoms with van der Waals surface area (Å²) in [6.07, 6.45) is 0.951. The van der Waals surface area contributed by atoms with Crippen molar-refractivity contribution in [3.63, 3.8) is 0 Å². The number of hydrogen-bond acceptors (Lipinski definition) is 5. The molecule has 1 aromatic carbocycles. The van der Waals surface area contributed by atoms with Crippen molar-refractivity contribution in [2.45, 2.75) is 19.9 Å². The summed E-state index contributed by atoms with van der Waals surface area (Å²) in [5, 5.41) is 6.24. The Morgan fingerprint density at radius 1 is 1.07 bits per heavy atom. The van der Waals surface area contributed by atoms with Gasteiger partial charge < -0.3 is 29.7 Å². The third-order valence-electron chi connectivity index (χ3n) is 3.59. The molecule has 1 rings (SSSR count). The van der Waals surface area contributed by atoms with E-state index in [0.717, 1.165) is 18.5 Å². The summed E-state index contributed by atoms with van der Waals surface area (Å²) in [5.41, 5.74) is 0.899. The number of nitrogens with zero attached hydrogens (tertiary/aromatic N) is 2. The van der Waals surface area contributed by atoms with Crippen molar-refractivity contribution >= 4 is 35.8 Å². The van der Waals surface area contributed by atoms with Gasteiger partial charge in [-0.3, -0.25) is 4.79 Å². The molecule has 0 aromatic heterocycles. The SMILES string of the molecule is CCCNC(=NCc1cc(OC)c(OC)c(OC)c1)NCC(=O)N(C)C.I. The van der Waals surface area contributed by atoms with E-state index in [-0.39, 0.29) is 36.4 Å². The molecule has 0 atom stereocenters. The molecule has 0 aliphatic rings. The largest absolute Gasteiger partial charge is 0.493 e. The fourth-order valence-electron chi connectivity index (χ4n) is 2.13. The molecule has 9 heteroatoms. The Kier molecular flexibility index (Phi) is 12.3. The first kappa shape index (κ1) is 25.1. The van der Waals surface area contributed by atoms with Crippen molar-refractivity contribution in [2.75, 3.05) is 48.5 Å². The average molecular weight is 494 g/mol. The van der Waals surface area contributed by atoms with Crippen molar-refractivity contribution < 1.29 is 19.0 Å². The van der Waals surface area contributed by atoms with E-state index in [1.54, 1.807) is 35.4 Å². The standard InChI is InChI=1S/C18H30N4O4.HI/c1-7-8-19-18(21-12-16(23)22(2)3)20-11-13-9-14(24-4)17(26-6)15(10-13)25-5;/h9-10H,7-8,11-12H2,1-6H3,(H2,19,20,21);1H. The lowest BCUT2D eigenvalue weighted by Gasteiger charge is -2.15. The van der Waals surface area contributed by atoms with Crippen LogP contribution < -0.4 is 24.8 Å². The number of likely N-dealkylation sites (N-methyl/N-ethyl adjacent to an activating group) is 1. The molecule has 0 saturated carbocycles. The molecule has 154 valence electrons. The molecule has 0 radical (unpaired) electrons. The maximum atomic E-state index is 11.8. The van der Waals surface area contributed by atoms with Gasteiger partial charge in [-0.05, 0) is 24.1 Å². The first-order chi connectivity index (χ1) is 12.5. The van der Waals surface area contributed by atoms with Gasteiger partial charge in [0.25, 0.3) is 0 Å². The van der Waals surface area contributed by atoms with Crippen LogP contribution in [0.5, 0.6) is 17.2 Å². The number of guanidine groups is 1. The number of methoxy groups -OCH3 is 3. The lowest BCUT2D eigenvalue weighted by molar-refractivity contribution is -0.127. The molecule has 0 saturated heterocycles. The predicted molar refractivity (Wildman–Crippen MR) is 118 cm³/mol. The Hall–Kier alpha value is -1.91. The van der Waals surface area contributed by atoms with E-state index < -0.39 is 0 Å². The van der Waals surface area contributed by atoms with Gasteiger partial charge in [-0.2, -0.15) is 0 Å². The van der Waals surface area contributed by atoms with E-state index in [4.69, 9.17) is 14.2 Å². The number of carbonyl (C=O) groups is 1. The van der Waals surface area contributed by atoms with Gasteiger partial charge >= 0.3 is 0 Å². The number of halogens is 1. The Morgan fingerprint density at radius 2 is 1.67 bits per heavy atom. The fraction of sp³-hybridized carbons (Fsp3) is 0.556. The summed E-state index contributed by atoms with van der Waals surface area (Å²) in [4.78, 5) is 17.8. The van der Waals surface area contributed by atoms with E-state index in [1.807, 2.05) is 12.1 Å². The van der Waals surface area contributed by atoms with E-state index in [2.05, 4.69) is 22.5 Å². The van der Waals surface area contributed by atoms with Crippen molar-refractivity contribution in [1.29, 1.82) is 0 Å². The molecule has 1 amide bonds. The zero-order valence-electron chi connectivity index (χ0n) is 16.9. The van der Waals surface area contributed by atoms with Gasteiger partial charge in [0.2, 0.25) is 11.7 Å². The summed E-state index contributed by atoms with van der Waals surface area (Å²) in [7, 11) is 8.16. The van der Waals surface area contributed by atoms with E-state index >= 15 is 0 Å². The first-order valence-electron chi connectivity index (χ1n) is 8.48. The van der Waals surface area contributed by atoms with Gasteiger partial charge in [0.1, 0.15) is 0 Å². The highest BCUT2D eigenvalue weighted by Crippen LogP contribution is 2.38. The van der Waals surface area contributed by atoms with Crippen LogP contribution in [0.2, 0.25) is 0 Å². The summed E-state index contributed by atoms with van der Waals surface area (Å²) in [6.45, 7) is 3.40. The number of ether oxygens (including phenoxy) is 3. The number of carbonyl (C=O) groups excluding carboxylic acids is 1. The highest BCUT2D eigenvalue weighted by molar-refractivity contribution is 14.0. The van der Waals surface area contributed by atoms with Gasteiger partial charge in [0.05, 0.1) is 34.4 Å². The van der Waals surface area contributed by atoms with Crippen molar-refractivity contribution in [3.8, 4) is 17.2 Å². The zero-order valence-corrected chi connectivity index (χ0v) is 19.2. The molecule has 0 heterocycles. The van der Waals surface area contributed by atoms with Crippen molar-refractivity contribution in [2.24, 2.45) is 4.99 Å². The van der Waals surface area contributed by atoms with E-state index in [1.165, 1.54) is 4.90 Å². The summed E-state index contributed by atoms with van der Waals surface area (Å²) < 4.78 is 16.0. The van der Waals surface area contributed by atoms with Crippen LogP contribution in [0.4, 0.5) is 0 Å². The number of hydrogen-bond donors (Lipinski definition) is 2. The Balaban J connectivity index is 0.00000676. The van der Waals surface area contributed by atoms with Crippen LogP contribution >= 0.6 is 24.0 Å². The topological polar surface area (TPSA) is 84.4 Å². The molecule has 0 unspecified atom stereocenters. The normalized spacial score (nSPS) is 10.5. The number of rotatable bonds is 9. The molecule has 0 fully saturated rings. The fourth-order valence-corrected chi connectivity index (χ4v) is 2.13. The maximum Gasteiger partial charge on any atom is 0.241 e. The van der Waals surface area contributed by atoms with Crippen LogP contribution in [0.1, 0.15) is 18.9 Å². The predicted octanol–water partition coefficient (Wildman–Crippen LogP) is 1.86. The smallest absolute Gasteiger partial charge is 0.241 e. The Bertz CT molecular complexity index is 598. The maximum absolute atomic E-state index is 11.8. The van der Waals surface area contributed by atoms with Crippen molar-refractivity contribution in [1.82, 2.24) is 15.5 Å². The summed E-state index contributed by atoms with van der Waals surface area (Å²) >= 11 is 0. The van der Waals surface area contributed by atoms with Gasteiger partial charge in [-0.25, -0.2) is 4.99 Å². The second-order valence-corrected chi connectivity index (χ2v) is 5.77. The monoisotopic (exact) mass is 494 g/mol. The van der Waals surface area contributed by atoms with E-state index in [0.29, 0.717) is 29.8 Å². The van der Waals surface area contributed by atoms with Crippen LogP contribution in [0, 0.1) is 0 Å². The van der Waals surface area contributed by atoms with Gasteiger partial charge in [-0.15, -0.1) is 24.0 Å². The lowest BCUT2D eigenvalue weighted by atomic mass is 10.2. The van der Waals surface area contributed by atoms with Gasteiger partial charge in [0.15, 0.2) is 17.5 Å². The summed E-state index contributed by atoms with van der Waals surface area (Å²) in [6, 6.07) is 3.71. The number of benzene rings is 1. The van der Waals surface area contributed by atoms with Gasteiger partial charge in [-0.1, -0.05) is 6.92 Å².